The maximum absolute atomic E-state index is 12.9. The summed E-state index contributed by atoms with van der Waals surface area (Å²) in [5.41, 5.74) is 12.1. The van der Waals surface area contributed by atoms with Crippen molar-refractivity contribution in [2.24, 2.45) is 0 Å². The average molecular weight is 1210 g/mol. The van der Waals surface area contributed by atoms with Gasteiger partial charge in [0.25, 0.3) is 17.7 Å². The SMILES string of the molecule is C.N#Cc1nccc2cc(-c3cnc4ccc(C(=O)N5CCCCC5)cc4n3)ccc12.N#Cc1nccc2cc(-c3cnc4ccc(C(=O)N5CCCCC5)cc4n3)ccc12.O=C(c1ccc2ncc(-c3ccc4c(Cl)nccc4c3)nc2c1)N1CCCCC1. The topological polar surface area (TPSA) is 225 Å². The van der Waals surface area contributed by atoms with E-state index in [-0.39, 0.29) is 25.1 Å². The summed E-state index contributed by atoms with van der Waals surface area (Å²) in [6.45, 7) is 4.94. The van der Waals surface area contributed by atoms with Crippen LogP contribution in [-0.4, -0.2) is 117 Å². The van der Waals surface area contributed by atoms with E-state index in [1.807, 2.05) is 142 Å². The number of likely N-dealkylation sites (tertiary alicyclic amines) is 3. The third kappa shape index (κ3) is 12.7. The average Bonchev–Trinajstić information content (AvgIpc) is 1.07. The van der Waals surface area contributed by atoms with Crippen LogP contribution in [0.25, 0.3) is 99.2 Å². The van der Waals surface area contributed by atoms with Crippen LogP contribution in [0.1, 0.15) is 108 Å². The third-order valence-electron chi connectivity index (χ3n) is 16.6. The first-order chi connectivity index (χ1) is 43.6. The van der Waals surface area contributed by atoms with Gasteiger partial charge in [-0.2, -0.15) is 10.5 Å². The number of benzene rings is 6. The summed E-state index contributed by atoms with van der Waals surface area (Å²) >= 11 is 6.17. The number of fused-ring (bicyclic) bond motifs is 6. The number of rotatable bonds is 6. The molecule has 0 unspecified atom stereocenters. The molecule has 0 atom stereocenters. The second-order valence-electron chi connectivity index (χ2n) is 22.4. The first-order valence-electron chi connectivity index (χ1n) is 30.0. The minimum atomic E-state index is 0. The summed E-state index contributed by atoms with van der Waals surface area (Å²) < 4.78 is 0. The van der Waals surface area contributed by atoms with E-state index in [0.717, 1.165) is 166 Å². The van der Waals surface area contributed by atoms with Crippen molar-refractivity contribution < 1.29 is 14.4 Å². The molecule has 444 valence electrons. The minimum Gasteiger partial charge on any atom is -0.339 e. The van der Waals surface area contributed by atoms with Gasteiger partial charge in [0.1, 0.15) is 28.7 Å². The number of carbonyl (C=O) groups is 3. The molecule has 3 aliphatic rings. The molecule has 9 heterocycles. The highest BCUT2D eigenvalue weighted by atomic mass is 35.5. The molecule has 3 fully saturated rings. The highest BCUT2D eigenvalue weighted by Crippen LogP contribution is 2.31. The lowest BCUT2D eigenvalue weighted by atomic mass is 10.0. The number of hydrogen-bond acceptors (Lipinski definition) is 14. The van der Waals surface area contributed by atoms with Gasteiger partial charge in [-0.25, -0.2) is 29.9 Å². The van der Waals surface area contributed by atoms with Crippen LogP contribution in [0.3, 0.4) is 0 Å². The van der Waals surface area contributed by atoms with Gasteiger partial charge in [0, 0.05) is 107 Å². The minimum absolute atomic E-state index is 0. The number of nitriles is 2. The maximum atomic E-state index is 12.9. The van der Waals surface area contributed by atoms with Crippen LogP contribution < -0.4 is 0 Å². The van der Waals surface area contributed by atoms with Crippen LogP contribution in [0.5, 0.6) is 0 Å². The second-order valence-corrected chi connectivity index (χ2v) is 22.7. The molecule has 3 saturated heterocycles. The van der Waals surface area contributed by atoms with Gasteiger partial charge in [-0.3, -0.25) is 29.3 Å². The lowest BCUT2D eigenvalue weighted by Gasteiger charge is -2.26. The van der Waals surface area contributed by atoms with Gasteiger partial charge in [-0.1, -0.05) is 55.4 Å². The van der Waals surface area contributed by atoms with Crippen molar-refractivity contribution in [1.29, 1.82) is 10.5 Å². The smallest absolute Gasteiger partial charge is 0.253 e. The Kier molecular flexibility index (Phi) is 17.7. The van der Waals surface area contributed by atoms with Crippen LogP contribution in [-0.2, 0) is 0 Å². The summed E-state index contributed by atoms with van der Waals surface area (Å²) in [7, 11) is 0. The molecule has 0 aliphatic carbocycles. The van der Waals surface area contributed by atoms with E-state index in [1.54, 1.807) is 37.2 Å². The van der Waals surface area contributed by atoms with Crippen LogP contribution in [0.2, 0.25) is 5.15 Å². The molecule has 17 nitrogen and oxygen atoms in total. The molecule has 0 bridgehead atoms. The predicted octanol–water partition coefficient (Wildman–Crippen LogP) is 14.4. The number of aromatic nitrogens is 9. The van der Waals surface area contributed by atoms with E-state index >= 15 is 0 Å². The van der Waals surface area contributed by atoms with Crippen LogP contribution in [0, 0.1) is 22.7 Å². The number of amides is 3. The normalized spacial score (nSPS) is 14.0. The molecule has 18 heteroatoms. The lowest BCUT2D eigenvalue weighted by Crippen LogP contribution is -2.35. The molecule has 12 aromatic rings. The van der Waals surface area contributed by atoms with Crippen molar-refractivity contribution in [3.8, 4) is 45.9 Å². The fraction of sp³-hybridized carbons (Fsp3) is 0.222. The highest BCUT2D eigenvalue weighted by molar-refractivity contribution is 6.34. The molecule has 0 saturated carbocycles. The summed E-state index contributed by atoms with van der Waals surface area (Å²) in [6, 6.07) is 44.1. The summed E-state index contributed by atoms with van der Waals surface area (Å²) in [4.78, 5) is 84.6. The molecule has 0 spiro atoms. The molecule has 6 aromatic carbocycles. The van der Waals surface area contributed by atoms with Crippen molar-refractivity contribution in [3.05, 3.63) is 198 Å². The Bertz CT molecular complexity index is 4630. The Labute approximate surface area is 524 Å². The van der Waals surface area contributed by atoms with Gasteiger partial charge < -0.3 is 14.7 Å². The van der Waals surface area contributed by atoms with Crippen LogP contribution >= 0.6 is 11.6 Å². The van der Waals surface area contributed by atoms with Gasteiger partial charge in [0.05, 0.1) is 68.8 Å². The van der Waals surface area contributed by atoms with Crippen molar-refractivity contribution in [1.82, 2.24) is 59.6 Å². The van der Waals surface area contributed by atoms with Crippen LogP contribution in [0.4, 0.5) is 0 Å². The van der Waals surface area contributed by atoms with Gasteiger partial charge in [-0.05, 0) is 165 Å². The number of pyridine rings is 3. The van der Waals surface area contributed by atoms with E-state index in [2.05, 4.69) is 42.0 Å². The van der Waals surface area contributed by atoms with E-state index in [9.17, 15) is 24.9 Å². The Morgan fingerprint density at radius 3 is 1.03 bits per heavy atom. The fourth-order valence-electron chi connectivity index (χ4n) is 11.8. The van der Waals surface area contributed by atoms with E-state index < -0.39 is 0 Å². The van der Waals surface area contributed by atoms with E-state index in [0.29, 0.717) is 44.3 Å². The second kappa shape index (κ2) is 26.7. The van der Waals surface area contributed by atoms with Crippen molar-refractivity contribution >= 4 is 94.7 Å². The Hall–Kier alpha value is -10.8. The van der Waals surface area contributed by atoms with Gasteiger partial charge in [0.2, 0.25) is 0 Å². The maximum Gasteiger partial charge on any atom is 0.253 e. The Morgan fingerprint density at radius 1 is 0.367 bits per heavy atom. The van der Waals surface area contributed by atoms with E-state index in [4.69, 9.17) is 26.6 Å². The quantitative estimate of drug-likeness (QED) is 0.141. The Morgan fingerprint density at radius 2 is 0.689 bits per heavy atom. The molecular weight excluding hydrogens is 1140 g/mol. The standard InChI is InChI=1S/2C24H19N5O.C23H19ClN4O.CH4/c2*25-14-22-19-6-4-17(12-16(19)8-9-26-22)23-15-27-20-7-5-18(13-21(20)28-23)24(30)29-10-2-1-3-11-29;24-22-18-6-4-16(12-15(18)8-9-25-22)21-14-26-19-7-5-17(13-20(19)27-21)23(29)28-10-2-1-3-11-28;/h2*4-9,12-13,15H,1-3,10-11H2;4-9,12-14H,1-3,10-11H2;1H4. The van der Waals surface area contributed by atoms with Gasteiger partial charge >= 0.3 is 0 Å². The van der Waals surface area contributed by atoms with Gasteiger partial charge in [-0.15, -0.1) is 0 Å². The molecule has 3 aliphatic heterocycles. The number of carbonyl (C=O) groups excluding carboxylic acids is 3. The number of halogens is 1. The molecule has 90 heavy (non-hydrogen) atoms. The zero-order valence-electron chi connectivity index (χ0n) is 48.6. The van der Waals surface area contributed by atoms with Crippen molar-refractivity contribution in [2.45, 2.75) is 65.2 Å². The molecule has 0 radical (unpaired) electrons. The molecular formula is C72H61ClN14O3. The van der Waals surface area contributed by atoms with Gasteiger partial charge in [0.15, 0.2) is 0 Å². The summed E-state index contributed by atoms with van der Waals surface area (Å²) in [6.07, 6.45) is 20.2. The van der Waals surface area contributed by atoms with E-state index in [1.165, 1.54) is 19.3 Å². The zero-order chi connectivity index (χ0) is 60.8. The first kappa shape index (κ1) is 59.6. The monoisotopic (exact) mass is 1200 g/mol. The lowest BCUT2D eigenvalue weighted by molar-refractivity contribution is 0.0717. The summed E-state index contributed by atoms with van der Waals surface area (Å²) in [5.74, 6) is 0.198. The predicted molar refractivity (Wildman–Crippen MR) is 351 cm³/mol. The number of nitrogens with zero attached hydrogens (tertiary/aromatic N) is 14. The Balaban J connectivity index is 0.000000130. The summed E-state index contributed by atoms with van der Waals surface area (Å²) in [5, 5.41) is 24.3. The van der Waals surface area contributed by atoms with Crippen LogP contribution in [0.15, 0.2) is 165 Å². The third-order valence-corrected chi connectivity index (χ3v) is 16.9. The van der Waals surface area contributed by atoms with Crippen molar-refractivity contribution in [2.75, 3.05) is 39.3 Å². The van der Waals surface area contributed by atoms with Crippen molar-refractivity contribution in [3.63, 3.8) is 0 Å². The largest absolute Gasteiger partial charge is 0.339 e. The zero-order valence-corrected chi connectivity index (χ0v) is 49.3. The first-order valence-corrected chi connectivity index (χ1v) is 30.3. The molecule has 3 amide bonds. The number of hydrogen-bond donors (Lipinski definition) is 0. The molecule has 6 aromatic heterocycles. The highest BCUT2D eigenvalue weighted by Gasteiger charge is 2.22. The molecule has 0 N–H and O–H groups in total. The number of piperidine rings is 3. The fourth-order valence-corrected chi connectivity index (χ4v) is 12.1. The molecule has 15 rings (SSSR count).